The number of ether oxygens (including phenoxy) is 1. The minimum absolute atomic E-state index is 0.140. The highest BCUT2D eigenvalue weighted by Gasteiger charge is 2.37. The van der Waals surface area contributed by atoms with E-state index >= 15 is 0 Å². The fraction of sp³-hybridized carbons (Fsp3) is 0.222. The van der Waals surface area contributed by atoms with Crippen molar-refractivity contribution < 1.29 is 13.7 Å². The Balaban J connectivity index is 1.48. The van der Waals surface area contributed by atoms with Gasteiger partial charge in [0.05, 0.1) is 24.0 Å². The lowest BCUT2D eigenvalue weighted by atomic mass is 10.0. The van der Waals surface area contributed by atoms with Gasteiger partial charge >= 0.3 is 0 Å². The van der Waals surface area contributed by atoms with Gasteiger partial charge < -0.3 is 9.64 Å². The highest BCUT2D eigenvalue weighted by Crippen LogP contribution is 2.32. The van der Waals surface area contributed by atoms with E-state index in [4.69, 9.17) is 4.74 Å². The van der Waals surface area contributed by atoms with Crippen molar-refractivity contribution in [3.8, 4) is 0 Å². The summed E-state index contributed by atoms with van der Waals surface area (Å²) in [5.74, 6) is -0.140. The summed E-state index contributed by atoms with van der Waals surface area (Å²) in [5, 5.41) is -0.712. The van der Waals surface area contributed by atoms with Crippen LogP contribution in [0.15, 0.2) is 96.4 Å². The topological polar surface area (TPSA) is 46.6 Å². The van der Waals surface area contributed by atoms with E-state index in [9.17, 15) is 9.00 Å². The summed E-state index contributed by atoms with van der Waals surface area (Å²) in [6.45, 7) is 7.03. The van der Waals surface area contributed by atoms with Crippen molar-refractivity contribution >= 4 is 16.7 Å². The normalized spacial score (nSPS) is 18.9. The minimum atomic E-state index is -1.43. The van der Waals surface area contributed by atoms with Gasteiger partial charge in [-0.2, -0.15) is 0 Å². The summed E-state index contributed by atoms with van der Waals surface area (Å²) >= 11 is 0. The van der Waals surface area contributed by atoms with Crippen LogP contribution in [0.25, 0.3) is 0 Å². The summed E-state index contributed by atoms with van der Waals surface area (Å²) < 4.78 is 19.1. The summed E-state index contributed by atoms with van der Waals surface area (Å²) in [6, 6.07) is 27.8. The molecular formula is C27H27NO3S. The third-order valence-electron chi connectivity index (χ3n) is 5.63. The van der Waals surface area contributed by atoms with Gasteiger partial charge in [0, 0.05) is 11.4 Å². The Morgan fingerprint density at radius 2 is 1.53 bits per heavy atom. The molecule has 1 aliphatic rings. The highest BCUT2D eigenvalue weighted by atomic mass is 32.2. The first-order valence-electron chi connectivity index (χ1n) is 10.7. The molecule has 0 bridgehead atoms. The number of carbonyl (C=O) groups excluding carboxylic acids is 1. The van der Waals surface area contributed by atoms with Crippen LogP contribution in [-0.2, 0) is 20.3 Å². The molecule has 1 fully saturated rings. The van der Waals surface area contributed by atoms with Crippen molar-refractivity contribution in [3.63, 3.8) is 0 Å². The molecule has 3 aromatic rings. The van der Waals surface area contributed by atoms with Crippen LogP contribution in [-0.4, -0.2) is 34.7 Å². The zero-order chi connectivity index (χ0) is 22.5. The molecule has 1 heterocycles. The van der Waals surface area contributed by atoms with Gasteiger partial charge in [-0.1, -0.05) is 97.1 Å². The summed E-state index contributed by atoms with van der Waals surface area (Å²) in [7, 11) is -1.43. The number of hydrogen-bond acceptors (Lipinski definition) is 3. The van der Waals surface area contributed by atoms with Crippen LogP contribution in [0.1, 0.15) is 33.6 Å². The van der Waals surface area contributed by atoms with Gasteiger partial charge in [-0.25, -0.2) is 0 Å². The molecule has 0 aliphatic carbocycles. The number of amides is 1. The number of carbonyl (C=O) groups is 1. The van der Waals surface area contributed by atoms with E-state index in [0.717, 1.165) is 22.3 Å². The standard InChI is InChI=1S/C27H27NO3S/c1-20-13-15-24(16-14-20)26-27(29)28(19-21(2)32(26)30)17-18-31-25(22-9-5-3-6-10-22)23-11-7-4-8-12-23/h3-16,25-26H,2,17-19H2,1H3. The molecule has 2 atom stereocenters. The van der Waals surface area contributed by atoms with Crippen molar-refractivity contribution in [2.45, 2.75) is 18.3 Å². The lowest BCUT2D eigenvalue weighted by Crippen LogP contribution is -2.45. The van der Waals surface area contributed by atoms with Gasteiger partial charge in [0.15, 0.2) is 0 Å². The van der Waals surface area contributed by atoms with E-state index in [1.165, 1.54) is 0 Å². The molecule has 1 amide bonds. The molecule has 0 spiro atoms. The molecule has 32 heavy (non-hydrogen) atoms. The quantitative estimate of drug-likeness (QED) is 0.517. The molecule has 0 aromatic heterocycles. The Bertz CT molecular complexity index is 1060. The second-order valence-electron chi connectivity index (χ2n) is 7.96. The predicted molar refractivity (Wildman–Crippen MR) is 128 cm³/mol. The van der Waals surface area contributed by atoms with E-state index in [2.05, 4.69) is 6.58 Å². The van der Waals surface area contributed by atoms with Crippen LogP contribution in [0.4, 0.5) is 0 Å². The highest BCUT2D eigenvalue weighted by molar-refractivity contribution is 7.90. The maximum Gasteiger partial charge on any atom is 0.243 e. The fourth-order valence-corrected chi connectivity index (χ4v) is 5.25. The smallest absolute Gasteiger partial charge is 0.243 e. The van der Waals surface area contributed by atoms with E-state index in [-0.39, 0.29) is 12.0 Å². The number of hydrogen-bond donors (Lipinski definition) is 0. The molecule has 5 heteroatoms. The van der Waals surface area contributed by atoms with Crippen LogP contribution in [0, 0.1) is 6.92 Å². The first-order chi connectivity index (χ1) is 15.5. The van der Waals surface area contributed by atoms with Crippen LogP contribution < -0.4 is 0 Å². The first kappa shape index (κ1) is 22.2. The van der Waals surface area contributed by atoms with E-state index < -0.39 is 16.0 Å². The van der Waals surface area contributed by atoms with Gasteiger partial charge in [0.2, 0.25) is 5.91 Å². The van der Waals surface area contributed by atoms with Crippen molar-refractivity contribution in [2.24, 2.45) is 0 Å². The molecule has 0 N–H and O–H groups in total. The molecular weight excluding hydrogens is 418 g/mol. The van der Waals surface area contributed by atoms with E-state index in [1.54, 1.807) is 4.90 Å². The third-order valence-corrected chi connectivity index (χ3v) is 7.23. The lowest BCUT2D eigenvalue weighted by molar-refractivity contribution is -0.131. The van der Waals surface area contributed by atoms with Crippen molar-refractivity contribution in [1.29, 1.82) is 0 Å². The Kier molecular flexibility index (Phi) is 6.98. The van der Waals surface area contributed by atoms with E-state index in [1.807, 2.05) is 91.9 Å². The summed E-state index contributed by atoms with van der Waals surface area (Å²) in [6.07, 6.45) is -0.220. The lowest BCUT2D eigenvalue weighted by Gasteiger charge is -2.33. The second kappa shape index (κ2) is 10.1. The van der Waals surface area contributed by atoms with Crippen molar-refractivity contribution in [1.82, 2.24) is 4.90 Å². The molecule has 4 nitrogen and oxygen atoms in total. The third kappa shape index (κ3) is 4.90. The van der Waals surface area contributed by atoms with Gasteiger partial charge in [0.25, 0.3) is 0 Å². The van der Waals surface area contributed by atoms with Gasteiger partial charge in [-0.05, 0) is 23.6 Å². The van der Waals surface area contributed by atoms with Crippen LogP contribution in [0.3, 0.4) is 0 Å². The van der Waals surface area contributed by atoms with Crippen LogP contribution in [0.5, 0.6) is 0 Å². The maximum absolute atomic E-state index is 13.2. The maximum atomic E-state index is 13.2. The monoisotopic (exact) mass is 445 g/mol. The first-order valence-corrected chi connectivity index (χ1v) is 11.9. The Morgan fingerprint density at radius 3 is 2.09 bits per heavy atom. The molecule has 3 aromatic carbocycles. The number of rotatable bonds is 7. The fourth-order valence-electron chi connectivity index (χ4n) is 3.90. The average molecular weight is 446 g/mol. The Hall–Kier alpha value is -3.02. The predicted octanol–water partition coefficient (Wildman–Crippen LogP) is 4.95. The average Bonchev–Trinajstić information content (AvgIpc) is 2.82. The van der Waals surface area contributed by atoms with Gasteiger partial charge in [-0.15, -0.1) is 0 Å². The number of benzene rings is 3. The number of aryl methyl sites for hydroxylation is 1. The Labute approximate surface area is 192 Å². The van der Waals surface area contributed by atoms with Crippen LogP contribution in [0.2, 0.25) is 0 Å². The zero-order valence-corrected chi connectivity index (χ0v) is 19.0. The Morgan fingerprint density at radius 1 is 0.969 bits per heavy atom. The minimum Gasteiger partial charge on any atom is -0.367 e. The number of nitrogens with zero attached hydrogens (tertiary/aromatic N) is 1. The molecule has 2 unspecified atom stereocenters. The molecule has 0 radical (unpaired) electrons. The SMILES string of the molecule is C=C1CN(CCOC(c2ccccc2)c2ccccc2)C(=O)C(c2ccc(C)cc2)S1=O. The van der Waals surface area contributed by atoms with E-state index in [0.29, 0.717) is 24.6 Å². The van der Waals surface area contributed by atoms with Crippen molar-refractivity contribution in [3.05, 3.63) is 119 Å². The molecule has 0 saturated carbocycles. The zero-order valence-electron chi connectivity index (χ0n) is 18.1. The molecule has 1 aliphatic heterocycles. The van der Waals surface area contributed by atoms with Crippen LogP contribution >= 0.6 is 0 Å². The summed E-state index contributed by atoms with van der Waals surface area (Å²) in [5.41, 5.74) is 3.98. The largest absolute Gasteiger partial charge is 0.367 e. The molecule has 1 saturated heterocycles. The molecule has 4 rings (SSSR count). The van der Waals surface area contributed by atoms with Gasteiger partial charge in [0.1, 0.15) is 11.4 Å². The molecule has 164 valence electrons. The van der Waals surface area contributed by atoms with Gasteiger partial charge in [-0.3, -0.25) is 9.00 Å². The van der Waals surface area contributed by atoms with Crippen molar-refractivity contribution in [2.75, 3.05) is 19.7 Å². The second-order valence-corrected chi connectivity index (χ2v) is 9.60. The summed E-state index contributed by atoms with van der Waals surface area (Å²) in [4.78, 5) is 15.5.